The molecule has 1 aromatic carbocycles. The average Bonchev–Trinajstić information content (AvgIpc) is 2.19. The van der Waals surface area contributed by atoms with Gasteiger partial charge in [-0.25, -0.2) is 0 Å². The van der Waals surface area contributed by atoms with Gasteiger partial charge in [0.15, 0.2) is 0 Å². The Balaban J connectivity index is 0.000000310. The van der Waals surface area contributed by atoms with E-state index in [-0.39, 0.29) is 0 Å². The average molecular weight is 174 g/mol. The summed E-state index contributed by atoms with van der Waals surface area (Å²) in [4.78, 5) is 0. The van der Waals surface area contributed by atoms with E-state index >= 15 is 0 Å². The van der Waals surface area contributed by atoms with E-state index in [1.54, 1.807) is 0 Å². The van der Waals surface area contributed by atoms with Crippen molar-refractivity contribution in [1.29, 1.82) is 0 Å². The Morgan fingerprint density at radius 1 is 1.00 bits per heavy atom. The number of rotatable bonds is 1. The van der Waals surface area contributed by atoms with E-state index in [9.17, 15) is 0 Å². The van der Waals surface area contributed by atoms with Gasteiger partial charge in [0.05, 0.1) is 0 Å². The molecule has 70 valence electrons. The molecule has 0 radical (unpaired) electrons. The first-order valence-electron chi connectivity index (χ1n) is 4.51. The number of benzene rings is 1. The van der Waals surface area contributed by atoms with Gasteiger partial charge in [-0.15, -0.1) is 0 Å². The number of aryl methyl sites for hydroxylation is 1. The van der Waals surface area contributed by atoms with Gasteiger partial charge in [-0.05, 0) is 26.3 Å². The fourth-order valence-corrected chi connectivity index (χ4v) is 0.703. The summed E-state index contributed by atoms with van der Waals surface area (Å²) in [5.41, 5.74) is 2.47. The number of allylic oxidation sites excluding steroid dienone is 2. The van der Waals surface area contributed by atoms with Crippen molar-refractivity contribution in [3.05, 3.63) is 54.1 Å². The maximum absolute atomic E-state index is 3.66. The standard InChI is InChI=1S/C9H10.C4H8/c1-3-9-6-4-8(2)5-7-9;1-3-4-2/h3-7H,1H2,2H3;3-4H,1-2H3. The van der Waals surface area contributed by atoms with Crippen molar-refractivity contribution >= 4 is 6.08 Å². The molecule has 0 N–H and O–H groups in total. The maximum atomic E-state index is 3.66. The van der Waals surface area contributed by atoms with E-state index in [0.717, 1.165) is 0 Å². The van der Waals surface area contributed by atoms with Crippen LogP contribution in [0.2, 0.25) is 0 Å². The van der Waals surface area contributed by atoms with Crippen molar-refractivity contribution in [3.8, 4) is 0 Å². The monoisotopic (exact) mass is 174 g/mol. The van der Waals surface area contributed by atoms with Crippen LogP contribution in [-0.4, -0.2) is 0 Å². The molecule has 0 bridgehead atoms. The Labute approximate surface area is 81.6 Å². The zero-order chi connectivity index (χ0) is 10.1. The third-order valence-electron chi connectivity index (χ3n) is 1.65. The van der Waals surface area contributed by atoms with Crippen LogP contribution in [0.15, 0.2) is 43.0 Å². The molecule has 0 heteroatoms. The molecule has 0 aromatic heterocycles. The topological polar surface area (TPSA) is 0 Å². The van der Waals surface area contributed by atoms with E-state index in [4.69, 9.17) is 0 Å². The van der Waals surface area contributed by atoms with Crippen LogP contribution < -0.4 is 0 Å². The smallest absolute Gasteiger partial charge is 0.0262 e. The summed E-state index contributed by atoms with van der Waals surface area (Å²) in [6.07, 6.45) is 5.85. The first kappa shape index (κ1) is 11.7. The summed E-state index contributed by atoms with van der Waals surface area (Å²) in [6, 6.07) is 8.28. The predicted octanol–water partition coefficient (Wildman–Crippen LogP) is 4.22. The lowest BCUT2D eigenvalue weighted by atomic mass is 10.2. The highest BCUT2D eigenvalue weighted by atomic mass is 13.9. The van der Waals surface area contributed by atoms with Crippen molar-refractivity contribution in [2.24, 2.45) is 0 Å². The van der Waals surface area contributed by atoms with Gasteiger partial charge in [0, 0.05) is 0 Å². The lowest BCUT2D eigenvalue weighted by Gasteiger charge is -1.91. The van der Waals surface area contributed by atoms with Crippen LogP contribution in [0.1, 0.15) is 25.0 Å². The van der Waals surface area contributed by atoms with Crippen molar-refractivity contribution in [2.45, 2.75) is 20.8 Å². The van der Waals surface area contributed by atoms with Crippen LogP contribution in [0, 0.1) is 6.92 Å². The fraction of sp³-hybridized carbons (Fsp3) is 0.231. The fourth-order valence-electron chi connectivity index (χ4n) is 0.703. The van der Waals surface area contributed by atoms with E-state index in [0.29, 0.717) is 0 Å². The molecule has 0 amide bonds. The molecule has 0 aliphatic heterocycles. The second kappa shape index (κ2) is 7.35. The van der Waals surface area contributed by atoms with Crippen LogP contribution in [0.25, 0.3) is 6.08 Å². The van der Waals surface area contributed by atoms with E-state index in [1.165, 1.54) is 11.1 Å². The maximum Gasteiger partial charge on any atom is -0.0262 e. The molecule has 0 aliphatic carbocycles. The van der Waals surface area contributed by atoms with Crippen LogP contribution in [0.4, 0.5) is 0 Å². The van der Waals surface area contributed by atoms with Gasteiger partial charge in [-0.1, -0.05) is 54.6 Å². The number of hydrogen-bond donors (Lipinski definition) is 0. The van der Waals surface area contributed by atoms with E-state index < -0.39 is 0 Å². The first-order chi connectivity index (χ1) is 6.24. The minimum absolute atomic E-state index is 1.18. The van der Waals surface area contributed by atoms with Crippen molar-refractivity contribution < 1.29 is 0 Å². The third-order valence-corrected chi connectivity index (χ3v) is 1.65. The molecule has 0 saturated carbocycles. The Kier molecular flexibility index (Phi) is 6.62. The quantitative estimate of drug-likeness (QED) is 0.559. The molecule has 0 heterocycles. The molecule has 0 unspecified atom stereocenters. The summed E-state index contributed by atoms with van der Waals surface area (Å²) in [5.74, 6) is 0. The van der Waals surface area contributed by atoms with Crippen LogP contribution >= 0.6 is 0 Å². The predicted molar refractivity (Wildman–Crippen MR) is 61.8 cm³/mol. The summed E-state index contributed by atoms with van der Waals surface area (Å²) in [7, 11) is 0. The highest BCUT2D eigenvalue weighted by Gasteiger charge is 1.82. The van der Waals surface area contributed by atoms with Crippen molar-refractivity contribution in [2.75, 3.05) is 0 Å². The van der Waals surface area contributed by atoms with Gasteiger partial charge >= 0.3 is 0 Å². The molecule has 0 saturated heterocycles. The lowest BCUT2D eigenvalue weighted by Crippen LogP contribution is -1.71. The Morgan fingerprint density at radius 2 is 1.46 bits per heavy atom. The molecule has 0 atom stereocenters. The molecule has 13 heavy (non-hydrogen) atoms. The third kappa shape index (κ3) is 5.92. The minimum Gasteiger partial charge on any atom is -0.0985 e. The van der Waals surface area contributed by atoms with Gasteiger partial charge in [0.1, 0.15) is 0 Å². The minimum atomic E-state index is 1.18. The molecular weight excluding hydrogens is 156 g/mol. The number of hydrogen-bond acceptors (Lipinski definition) is 0. The lowest BCUT2D eigenvalue weighted by molar-refractivity contribution is 1.46. The molecule has 0 spiro atoms. The van der Waals surface area contributed by atoms with Crippen molar-refractivity contribution in [1.82, 2.24) is 0 Å². The molecule has 1 aromatic rings. The highest BCUT2D eigenvalue weighted by Crippen LogP contribution is 2.02. The van der Waals surface area contributed by atoms with Gasteiger partial charge in [0.2, 0.25) is 0 Å². The summed E-state index contributed by atoms with van der Waals surface area (Å²) >= 11 is 0. The van der Waals surface area contributed by atoms with Crippen molar-refractivity contribution in [3.63, 3.8) is 0 Å². The van der Waals surface area contributed by atoms with Crippen LogP contribution in [-0.2, 0) is 0 Å². The molecule has 0 fully saturated rings. The van der Waals surface area contributed by atoms with Gasteiger partial charge in [-0.2, -0.15) is 0 Å². The zero-order valence-corrected chi connectivity index (χ0v) is 8.75. The Bertz CT molecular complexity index is 248. The second-order valence-electron chi connectivity index (χ2n) is 2.78. The summed E-state index contributed by atoms with van der Waals surface area (Å²) in [6.45, 7) is 9.74. The normalized spacial score (nSPS) is 9.15. The summed E-state index contributed by atoms with van der Waals surface area (Å²) < 4.78 is 0. The molecule has 0 nitrogen and oxygen atoms in total. The molecule has 0 aliphatic rings. The Morgan fingerprint density at radius 3 is 1.77 bits per heavy atom. The van der Waals surface area contributed by atoms with E-state index in [2.05, 4.69) is 37.8 Å². The van der Waals surface area contributed by atoms with Gasteiger partial charge < -0.3 is 0 Å². The Hall–Kier alpha value is -1.30. The molecule has 1 rings (SSSR count). The highest BCUT2D eigenvalue weighted by molar-refractivity contribution is 5.46. The van der Waals surface area contributed by atoms with Gasteiger partial charge in [-0.3, -0.25) is 0 Å². The van der Waals surface area contributed by atoms with E-state index in [1.807, 2.05) is 32.1 Å². The largest absolute Gasteiger partial charge is 0.0985 e. The summed E-state index contributed by atoms with van der Waals surface area (Å²) in [5, 5.41) is 0. The van der Waals surface area contributed by atoms with Crippen LogP contribution in [0.3, 0.4) is 0 Å². The SMILES string of the molecule is C=Cc1ccc(C)cc1.CC=CC. The first-order valence-corrected chi connectivity index (χ1v) is 4.51. The zero-order valence-electron chi connectivity index (χ0n) is 8.75. The van der Waals surface area contributed by atoms with Crippen LogP contribution in [0.5, 0.6) is 0 Å². The second-order valence-corrected chi connectivity index (χ2v) is 2.78. The van der Waals surface area contributed by atoms with Gasteiger partial charge in [0.25, 0.3) is 0 Å². The molecular formula is C13H18.